The van der Waals surface area contributed by atoms with E-state index in [0.29, 0.717) is 16.6 Å². The van der Waals surface area contributed by atoms with E-state index in [4.69, 9.17) is 11.6 Å². The number of aryl methyl sites for hydroxylation is 1. The summed E-state index contributed by atoms with van der Waals surface area (Å²) in [6, 6.07) is 22.9. The van der Waals surface area contributed by atoms with Gasteiger partial charge < -0.3 is 0 Å². The third-order valence-corrected chi connectivity index (χ3v) is 5.21. The van der Waals surface area contributed by atoms with E-state index in [2.05, 4.69) is 20.9 Å². The van der Waals surface area contributed by atoms with Gasteiger partial charge in [0.2, 0.25) is 0 Å². The molecule has 5 heteroatoms. The Kier molecular flexibility index (Phi) is 5.16. The number of amides is 1. The van der Waals surface area contributed by atoms with Crippen LogP contribution in [-0.2, 0) is 4.79 Å². The lowest BCUT2D eigenvalue weighted by Crippen LogP contribution is -2.32. The first-order valence-electron chi connectivity index (χ1n) is 8.74. The minimum atomic E-state index is -0.166. The molecule has 3 nitrogen and oxygen atoms in total. The summed E-state index contributed by atoms with van der Waals surface area (Å²) in [6.07, 6.45) is 1.80. The highest BCUT2D eigenvalue weighted by Gasteiger charge is 2.32. The molecule has 28 heavy (non-hydrogen) atoms. The van der Waals surface area contributed by atoms with Crippen LogP contribution in [-0.4, -0.2) is 11.7 Å². The summed E-state index contributed by atoms with van der Waals surface area (Å²) in [4.78, 5) is 19.5. The number of rotatable bonds is 3. The molecule has 4 rings (SSSR count). The van der Waals surface area contributed by atoms with Gasteiger partial charge in [0.05, 0.1) is 5.69 Å². The summed E-state index contributed by atoms with van der Waals surface area (Å²) >= 11 is 9.45. The number of nitrogens with zero attached hydrogens (tertiary/aromatic N) is 2. The van der Waals surface area contributed by atoms with Gasteiger partial charge in [-0.2, -0.15) is 0 Å². The molecule has 0 fully saturated rings. The molecule has 0 unspecified atom stereocenters. The van der Waals surface area contributed by atoms with Crippen molar-refractivity contribution in [2.75, 3.05) is 4.90 Å². The van der Waals surface area contributed by atoms with Crippen LogP contribution in [0.25, 0.3) is 6.08 Å². The molecule has 138 valence electrons. The number of carbonyl (C=O) groups excluding carboxylic acids is 1. The quantitative estimate of drug-likeness (QED) is 0.433. The number of anilines is 1. The standard InChI is InChI=1S/C23H16BrClN2O/c1-15-2-6-17(7-3-15)22-26-21(14-16-4-8-18(24)9-5-16)23(28)27(22)20-12-10-19(25)11-13-20/h2-14H,1H3/b21-14+. The maximum Gasteiger partial charge on any atom is 0.282 e. The fraction of sp³-hybridized carbons (Fsp3) is 0.0435. The predicted octanol–water partition coefficient (Wildman–Crippen LogP) is 6.25. The lowest BCUT2D eigenvalue weighted by molar-refractivity contribution is -0.113. The van der Waals surface area contributed by atoms with Crippen molar-refractivity contribution in [3.05, 3.63) is 105 Å². The largest absolute Gasteiger partial charge is 0.282 e. The van der Waals surface area contributed by atoms with E-state index in [9.17, 15) is 4.79 Å². The van der Waals surface area contributed by atoms with Crippen LogP contribution in [0.1, 0.15) is 16.7 Å². The van der Waals surface area contributed by atoms with Crippen LogP contribution in [0.3, 0.4) is 0 Å². The van der Waals surface area contributed by atoms with E-state index in [1.54, 1.807) is 23.1 Å². The van der Waals surface area contributed by atoms with Crippen molar-refractivity contribution in [1.29, 1.82) is 0 Å². The molecule has 3 aromatic rings. The number of aliphatic imine (C=N–C) groups is 1. The van der Waals surface area contributed by atoms with Gasteiger partial charge in [-0.3, -0.25) is 9.69 Å². The van der Waals surface area contributed by atoms with E-state index in [1.165, 1.54) is 0 Å². The van der Waals surface area contributed by atoms with E-state index >= 15 is 0 Å². The van der Waals surface area contributed by atoms with Crippen LogP contribution in [0.5, 0.6) is 0 Å². The summed E-state index contributed by atoms with van der Waals surface area (Å²) in [5, 5.41) is 0.620. The molecule has 1 amide bonds. The average Bonchev–Trinajstić information content (AvgIpc) is 3.01. The Morgan fingerprint density at radius 3 is 2.21 bits per heavy atom. The number of carbonyl (C=O) groups is 1. The Morgan fingerprint density at radius 2 is 1.57 bits per heavy atom. The molecule has 0 aromatic heterocycles. The van der Waals surface area contributed by atoms with E-state index in [-0.39, 0.29) is 5.91 Å². The second kappa shape index (κ2) is 7.74. The lowest BCUT2D eigenvalue weighted by atomic mass is 10.1. The molecule has 0 spiro atoms. The molecular weight excluding hydrogens is 436 g/mol. The molecule has 3 aromatic carbocycles. The number of halogens is 2. The number of amidine groups is 1. The van der Waals surface area contributed by atoms with Gasteiger partial charge >= 0.3 is 0 Å². The van der Waals surface area contributed by atoms with Crippen molar-refractivity contribution in [1.82, 2.24) is 0 Å². The molecule has 0 radical (unpaired) electrons. The zero-order valence-electron chi connectivity index (χ0n) is 15.1. The Bertz CT molecular complexity index is 1080. The molecule has 1 aliphatic heterocycles. The van der Waals surface area contributed by atoms with Gasteiger partial charge in [-0.05, 0) is 55.0 Å². The van der Waals surface area contributed by atoms with Crippen LogP contribution >= 0.6 is 27.5 Å². The number of hydrogen-bond acceptors (Lipinski definition) is 2. The molecule has 0 saturated carbocycles. The Hall–Kier alpha value is -2.69. The second-order valence-electron chi connectivity index (χ2n) is 6.50. The first-order valence-corrected chi connectivity index (χ1v) is 9.91. The van der Waals surface area contributed by atoms with Gasteiger partial charge in [0.1, 0.15) is 11.5 Å². The fourth-order valence-electron chi connectivity index (χ4n) is 2.96. The Morgan fingerprint density at radius 1 is 0.929 bits per heavy atom. The Labute approximate surface area is 177 Å². The van der Waals surface area contributed by atoms with E-state index in [0.717, 1.165) is 26.9 Å². The molecule has 0 aliphatic carbocycles. The van der Waals surface area contributed by atoms with Crippen molar-refractivity contribution < 1.29 is 4.79 Å². The smallest absolute Gasteiger partial charge is 0.266 e. The molecule has 0 atom stereocenters. The van der Waals surface area contributed by atoms with Crippen LogP contribution < -0.4 is 4.90 Å². The van der Waals surface area contributed by atoms with E-state index < -0.39 is 0 Å². The molecule has 0 bridgehead atoms. The summed E-state index contributed by atoms with van der Waals surface area (Å²) < 4.78 is 0.985. The van der Waals surface area contributed by atoms with Gasteiger partial charge in [-0.15, -0.1) is 0 Å². The highest BCUT2D eigenvalue weighted by molar-refractivity contribution is 9.10. The topological polar surface area (TPSA) is 32.7 Å². The minimum Gasteiger partial charge on any atom is -0.266 e. The maximum atomic E-state index is 13.2. The van der Waals surface area contributed by atoms with Gasteiger partial charge in [0.25, 0.3) is 5.91 Å². The second-order valence-corrected chi connectivity index (χ2v) is 7.85. The normalized spacial score (nSPS) is 15.2. The SMILES string of the molecule is Cc1ccc(C2=N/C(=C/c3ccc(Br)cc3)C(=O)N2c2ccc(Cl)cc2)cc1. The lowest BCUT2D eigenvalue weighted by Gasteiger charge is -2.18. The van der Waals surface area contributed by atoms with Crippen molar-refractivity contribution in [2.24, 2.45) is 4.99 Å². The van der Waals surface area contributed by atoms with Crippen molar-refractivity contribution in [3.8, 4) is 0 Å². The summed E-state index contributed by atoms with van der Waals surface area (Å²) in [6.45, 7) is 2.03. The van der Waals surface area contributed by atoms with Gasteiger partial charge in [-0.1, -0.05) is 69.5 Å². The molecule has 0 N–H and O–H groups in total. The predicted molar refractivity (Wildman–Crippen MR) is 119 cm³/mol. The van der Waals surface area contributed by atoms with Crippen LogP contribution in [0.2, 0.25) is 5.02 Å². The van der Waals surface area contributed by atoms with Crippen molar-refractivity contribution in [2.45, 2.75) is 6.92 Å². The first kappa shape index (κ1) is 18.7. The van der Waals surface area contributed by atoms with Gasteiger partial charge in [-0.25, -0.2) is 4.99 Å². The van der Waals surface area contributed by atoms with Gasteiger partial charge in [0.15, 0.2) is 0 Å². The summed E-state index contributed by atoms with van der Waals surface area (Å²) in [5.41, 5.74) is 4.07. The van der Waals surface area contributed by atoms with Crippen molar-refractivity contribution >= 4 is 51.0 Å². The molecular formula is C23H16BrClN2O. The first-order chi connectivity index (χ1) is 13.5. The monoisotopic (exact) mass is 450 g/mol. The maximum absolute atomic E-state index is 13.2. The zero-order chi connectivity index (χ0) is 19.7. The molecule has 0 saturated heterocycles. The van der Waals surface area contributed by atoms with Crippen LogP contribution in [0.15, 0.2) is 88.0 Å². The van der Waals surface area contributed by atoms with Crippen molar-refractivity contribution in [3.63, 3.8) is 0 Å². The number of benzene rings is 3. The zero-order valence-corrected chi connectivity index (χ0v) is 17.4. The minimum absolute atomic E-state index is 0.166. The van der Waals surface area contributed by atoms with Crippen LogP contribution in [0.4, 0.5) is 5.69 Å². The van der Waals surface area contributed by atoms with Crippen LogP contribution in [0, 0.1) is 6.92 Å². The third-order valence-electron chi connectivity index (χ3n) is 4.43. The summed E-state index contributed by atoms with van der Waals surface area (Å²) in [5.74, 6) is 0.441. The fourth-order valence-corrected chi connectivity index (χ4v) is 3.35. The van der Waals surface area contributed by atoms with Gasteiger partial charge in [0, 0.05) is 15.1 Å². The number of hydrogen-bond donors (Lipinski definition) is 0. The molecule has 1 heterocycles. The highest BCUT2D eigenvalue weighted by atomic mass is 79.9. The third kappa shape index (κ3) is 3.79. The summed E-state index contributed by atoms with van der Waals surface area (Å²) in [7, 11) is 0. The highest BCUT2D eigenvalue weighted by Crippen LogP contribution is 2.29. The Balaban J connectivity index is 1.81. The average molecular weight is 452 g/mol. The molecule has 1 aliphatic rings. The van der Waals surface area contributed by atoms with E-state index in [1.807, 2.05) is 67.6 Å².